The van der Waals surface area contributed by atoms with E-state index in [4.69, 9.17) is 34.8 Å². The number of carbonyl (C=O) groups excluding carboxylic acids is 1. The Hall–Kier alpha value is -1.69. The molecule has 0 fully saturated rings. The van der Waals surface area contributed by atoms with E-state index in [-0.39, 0.29) is 32.1 Å². The molecule has 0 aliphatic carbocycles. The van der Waals surface area contributed by atoms with Crippen molar-refractivity contribution in [2.75, 3.05) is 0 Å². The van der Waals surface area contributed by atoms with Gasteiger partial charge >= 0.3 is 0 Å². The highest BCUT2D eigenvalue weighted by Gasteiger charge is 2.19. The second-order valence-corrected chi connectivity index (χ2v) is 4.88. The third-order valence-corrected chi connectivity index (χ3v) is 3.28. The molecule has 0 saturated heterocycles. The van der Waals surface area contributed by atoms with Gasteiger partial charge in [-0.3, -0.25) is 14.9 Å². The third-order valence-electron chi connectivity index (χ3n) is 2.46. The fourth-order valence-electron chi connectivity index (χ4n) is 1.53. The highest BCUT2D eigenvalue weighted by molar-refractivity contribution is 6.36. The Morgan fingerprint density at radius 3 is 2.45 bits per heavy atom. The summed E-state index contributed by atoms with van der Waals surface area (Å²) in [5, 5.41) is 10.8. The molecule has 0 radical (unpaired) electrons. The molecule has 0 N–H and O–H groups in total. The lowest BCUT2D eigenvalue weighted by atomic mass is 10.0. The molecule has 1 aromatic carbocycles. The van der Waals surface area contributed by atoms with Gasteiger partial charge in [-0.15, -0.1) is 0 Å². The quantitative estimate of drug-likeness (QED) is 0.366. The van der Waals surface area contributed by atoms with Crippen molar-refractivity contribution < 1.29 is 9.72 Å². The number of rotatable bonds is 3. The number of ketones is 1. The van der Waals surface area contributed by atoms with E-state index in [9.17, 15) is 14.9 Å². The molecule has 0 amide bonds. The zero-order valence-electron chi connectivity index (χ0n) is 9.64. The minimum Gasteiger partial charge on any atom is -0.288 e. The lowest BCUT2D eigenvalue weighted by molar-refractivity contribution is -0.384. The average molecular weight is 332 g/mol. The normalized spacial score (nSPS) is 10.3. The summed E-state index contributed by atoms with van der Waals surface area (Å²) in [6, 6.07) is 6.56. The van der Waals surface area contributed by atoms with Gasteiger partial charge in [0.25, 0.3) is 5.69 Å². The molecule has 2 rings (SSSR count). The van der Waals surface area contributed by atoms with Crippen molar-refractivity contribution in [1.29, 1.82) is 0 Å². The molecule has 8 heteroatoms. The molecule has 0 unspecified atom stereocenters. The van der Waals surface area contributed by atoms with Crippen molar-refractivity contribution in [1.82, 2.24) is 4.98 Å². The lowest BCUT2D eigenvalue weighted by Gasteiger charge is -2.04. The Kier molecular flexibility index (Phi) is 4.23. The molecular formula is C12H5Cl3N2O3. The highest BCUT2D eigenvalue weighted by Crippen LogP contribution is 2.27. The van der Waals surface area contributed by atoms with Crippen LogP contribution >= 0.6 is 34.8 Å². The van der Waals surface area contributed by atoms with Gasteiger partial charge in [0, 0.05) is 11.6 Å². The van der Waals surface area contributed by atoms with E-state index < -0.39 is 10.7 Å². The van der Waals surface area contributed by atoms with E-state index >= 15 is 0 Å². The topological polar surface area (TPSA) is 73.1 Å². The van der Waals surface area contributed by atoms with Gasteiger partial charge < -0.3 is 0 Å². The van der Waals surface area contributed by atoms with Crippen molar-refractivity contribution in [3.63, 3.8) is 0 Å². The molecule has 1 heterocycles. The van der Waals surface area contributed by atoms with Gasteiger partial charge in [0.2, 0.25) is 0 Å². The largest absolute Gasteiger partial charge is 0.288 e. The molecule has 20 heavy (non-hydrogen) atoms. The molecule has 102 valence electrons. The van der Waals surface area contributed by atoms with Crippen LogP contribution in [0.25, 0.3) is 0 Å². The molecule has 0 bridgehead atoms. The molecule has 2 aromatic rings. The van der Waals surface area contributed by atoms with Gasteiger partial charge in [-0.25, -0.2) is 4.98 Å². The number of benzene rings is 1. The van der Waals surface area contributed by atoms with Crippen LogP contribution in [0.4, 0.5) is 5.69 Å². The smallest absolute Gasteiger partial charge is 0.288 e. The predicted molar refractivity (Wildman–Crippen MR) is 75.8 cm³/mol. The summed E-state index contributed by atoms with van der Waals surface area (Å²) in [6.45, 7) is 0. The summed E-state index contributed by atoms with van der Waals surface area (Å²) in [7, 11) is 0. The second kappa shape index (κ2) is 5.75. The average Bonchev–Trinajstić information content (AvgIpc) is 2.38. The maximum absolute atomic E-state index is 12.2. The molecule has 5 nitrogen and oxygen atoms in total. The molecule has 0 spiro atoms. The molecule has 0 aliphatic heterocycles. The van der Waals surface area contributed by atoms with E-state index in [2.05, 4.69) is 4.98 Å². The lowest BCUT2D eigenvalue weighted by Crippen LogP contribution is -2.04. The Morgan fingerprint density at radius 2 is 1.85 bits per heavy atom. The Labute approximate surface area is 128 Å². The summed E-state index contributed by atoms with van der Waals surface area (Å²) >= 11 is 17.2. The van der Waals surface area contributed by atoms with Crippen LogP contribution in [0.15, 0.2) is 30.3 Å². The maximum atomic E-state index is 12.2. The van der Waals surface area contributed by atoms with Crippen LogP contribution in [0.1, 0.15) is 15.9 Å². The van der Waals surface area contributed by atoms with Gasteiger partial charge in [0.15, 0.2) is 5.78 Å². The van der Waals surface area contributed by atoms with Crippen LogP contribution in [-0.2, 0) is 0 Å². The first kappa shape index (κ1) is 14.7. The van der Waals surface area contributed by atoms with Crippen molar-refractivity contribution in [3.05, 3.63) is 66.9 Å². The highest BCUT2D eigenvalue weighted by atomic mass is 35.5. The first-order valence-corrected chi connectivity index (χ1v) is 6.34. The molecule has 0 atom stereocenters. The summed E-state index contributed by atoms with van der Waals surface area (Å²) in [6.07, 6.45) is 0. The monoisotopic (exact) mass is 330 g/mol. The van der Waals surface area contributed by atoms with Crippen LogP contribution < -0.4 is 0 Å². The number of aromatic nitrogens is 1. The Morgan fingerprint density at radius 1 is 1.15 bits per heavy atom. The third kappa shape index (κ3) is 2.90. The number of halogens is 3. The summed E-state index contributed by atoms with van der Waals surface area (Å²) in [4.78, 5) is 26.1. The van der Waals surface area contributed by atoms with Gasteiger partial charge in [-0.05, 0) is 24.3 Å². The number of nitro benzene ring substituents is 1. The van der Waals surface area contributed by atoms with E-state index in [0.717, 1.165) is 6.07 Å². The van der Waals surface area contributed by atoms with Crippen LogP contribution in [-0.4, -0.2) is 15.7 Å². The number of nitrogens with zero attached hydrogens (tertiary/aromatic N) is 2. The molecular weight excluding hydrogens is 327 g/mol. The summed E-state index contributed by atoms with van der Waals surface area (Å²) in [5.74, 6) is -0.501. The second-order valence-electron chi connectivity index (χ2n) is 3.72. The summed E-state index contributed by atoms with van der Waals surface area (Å²) < 4.78 is 0. The number of hydrogen-bond donors (Lipinski definition) is 0. The fourth-order valence-corrected chi connectivity index (χ4v) is 2.15. The van der Waals surface area contributed by atoms with Crippen molar-refractivity contribution in [2.45, 2.75) is 0 Å². The number of nitro groups is 1. The number of hydrogen-bond acceptors (Lipinski definition) is 4. The van der Waals surface area contributed by atoms with Gasteiger partial charge in [0.05, 0.1) is 10.5 Å². The minimum atomic E-state index is -0.666. The maximum Gasteiger partial charge on any atom is 0.288 e. The molecule has 1 aromatic heterocycles. The first-order valence-electron chi connectivity index (χ1n) is 5.21. The fraction of sp³-hybridized carbons (Fsp3) is 0. The van der Waals surface area contributed by atoms with Crippen molar-refractivity contribution in [3.8, 4) is 0 Å². The van der Waals surface area contributed by atoms with Crippen LogP contribution in [0, 0.1) is 10.1 Å². The zero-order valence-corrected chi connectivity index (χ0v) is 11.9. The Balaban J connectivity index is 2.48. The van der Waals surface area contributed by atoms with Crippen molar-refractivity contribution in [2.24, 2.45) is 0 Å². The van der Waals surface area contributed by atoms with Crippen LogP contribution in [0.5, 0.6) is 0 Å². The molecule has 0 aliphatic rings. The minimum absolute atomic E-state index is 0.0492. The van der Waals surface area contributed by atoms with Crippen LogP contribution in [0.2, 0.25) is 15.3 Å². The number of carbonyl (C=O) groups is 1. The van der Waals surface area contributed by atoms with E-state index in [1.807, 2.05) is 0 Å². The standard InChI is InChI=1S/C12H5Cl3N2O3/c13-8-3-1-6(5-9(8)17(19)20)11(18)7-2-4-10(14)16-12(7)15/h1-5H. The molecule has 0 saturated carbocycles. The van der Waals surface area contributed by atoms with E-state index in [0.29, 0.717) is 0 Å². The Bertz CT molecular complexity index is 719. The SMILES string of the molecule is O=C(c1ccc(Cl)c([N+](=O)[O-])c1)c1ccc(Cl)nc1Cl. The van der Waals surface area contributed by atoms with Gasteiger partial charge in [-0.1, -0.05) is 34.8 Å². The van der Waals surface area contributed by atoms with Gasteiger partial charge in [-0.2, -0.15) is 0 Å². The van der Waals surface area contributed by atoms with Crippen LogP contribution in [0.3, 0.4) is 0 Å². The summed E-state index contributed by atoms with van der Waals surface area (Å²) in [5.41, 5.74) is -0.157. The van der Waals surface area contributed by atoms with Gasteiger partial charge in [0.1, 0.15) is 15.3 Å². The first-order chi connectivity index (χ1) is 9.40. The van der Waals surface area contributed by atoms with E-state index in [1.165, 1.54) is 24.3 Å². The number of pyridine rings is 1. The predicted octanol–water partition coefficient (Wildman–Crippen LogP) is 4.18. The van der Waals surface area contributed by atoms with Crippen molar-refractivity contribution >= 4 is 46.3 Å². The van der Waals surface area contributed by atoms with E-state index in [1.54, 1.807) is 0 Å². The zero-order chi connectivity index (χ0) is 14.9.